The standard InChI is InChI=1S/C24H24BO3/c1-23(2,26)24(3,4)28-25-18-9-7-8-16(14-18)17-12-13-20-19-10-5-6-11-21(19)27-22(20)15-17/h5-15,26H,1-4H3. The first kappa shape index (κ1) is 18.8. The van der Waals surface area contributed by atoms with Gasteiger partial charge >= 0.3 is 7.48 Å². The first-order valence-corrected chi connectivity index (χ1v) is 9.50. The third-order valence-corrected chi connectivity index (χ3v) is 5.56. The van der Waals surface area contributed by atoms with E-state index in [9.17, 15) is 5.11 Å². The molecule has 0 fully saturated rings. The predicted molar refractivity (Wildman–Crippen MR) is 116 cm³/mol. The lowest BCUT2D eigenvalue weighted by Crippen LogP contribution is -2.49. The van der Waals surface area contributed by atoms with Crippen molar-refractivity contribution in [1.82, 2.24) is 0 Å². The first-order chi connectivity index (χ1) is 13.2. The van der Waals surface area contributed by atoms with Gasteiger partial charge in [-0.25, -0.2) is 0 Å². The molecule has 4 rings (SSSR count). The molecule has 3 aromatic carbocycles. The Hall–Kier alpha value is -2.56. The molecule has 1 aromatic heterocycles. The Balaban J connectivity index is 1.63. The molecule has 1 radical (unpaired) electrons. The van der Waals surface area contributed by atoms with E-state index in [0.717, 1.165) is 38.5 Å². The van der Waals surface area contributed by atoms with Crippen molar-refractivity contribution < 1.29 is 14.2 Å². The van der Waals surface area contributed by atoms with Gasteiger partial charge in [0, 0.05) is 10.8 Å². The van der Waals surface area contributed by atoms with Crippen LogP contribution in [0.1, 0.15) is 27.7 Å². The SMILES string of the molecule is CC(C)(O)C(C)(C)O[B]c1cccc(-c2ccc3c(c2)oc2ccccc23)c1. The summed E-state index contributed by atoms with van der Waals surface area (Å²) in [5.74, 6) is 0. The maximum atomic E-state index is 10.3. The lowest BCUT2D eigenvalue weighted by Gasteiger charge is -2.37. The zero-order chi connectivity index (χ0) is 19.9. The molecule has 0 aliphatic carbocycles. The van der Waals surface area contributed by atoms with Gasteiger partial charge in [-0.1, -0.05) is 54.0 Å². The van der Waals surface area contributed by atoms with Crippen LogP contribution in [0.15, 0.2) is 71.1 Å². The highest BCUT2D eigenvalue weighted by Crippen LogP contribution is 2.32. The smallest absolute Gasteiger partial charge is 0.330 e. The topological polar surface area (TPSA) is 42.6 Å². The Kier molecular flexibility index (Phi) is 4.57. The van der Waals surface area contributed by atoms with Crippen LogP contribution in [0.3, 0.4) is 0 Å². The molecule has 0 atom stereocenters. The molecule has 0 saturated heterocycles. The van der Waals surface area contributed by atoms with Crippen LogP contribution in [0.25, 0.3) is 33.1 Å². The predicted octanol–water partition coefficient (Wildman–Crippen LogP) is 5.06. The van der Waals surface area contributed by atoms with Gasteiger partial charge in [0.05, 0.1) is 11.2 Å². The number of hydrogen-bond acceptors (Lipinski definition) is 3. The molecule has 0 saturated carbocycles. The van der Waals surface area contributed by atoms with Gasteiger partial charge < -0.3 is 14.2 Å². The second-order valence-electron chi connectivity index (χ2n) is 8.24. The zero-order valence-corrected chi connectivity index (χ0v) is 16.7. The van der Waals surface area contributed by atoms with Crippen LogP contribution in [0.4, 0.5) is 0 Å². The molecule has 1 heterocycles. The van der Waals surface area contributed by atoms with E-state index in [-0.39, 0.29) is 0 Å². The van der Waals surface area contributed by atoms with E-state index in [4.69, 9.17) is 9.07 Å². The van der Waals surface area contributed by atoms with Gasteiger partial charge in [-0.15, -0.1) is 0 Å². The fraction of sp³-hybridized carbons (Fsp3) is 0.250. The monoisotopic (exact) mass is 371 g/mol. The number of para-hydroxylation sites is 1. The highest BCUT2D eigenvalue weighted by Gasteiger charge is 2.35. The van der Waals surface area contributed by atoms with E-state index in [1.165, 1.54) is 0 Å². The summed E-state index contributed by atoms with van der Waals surface area (Å²) in [7, 11) is 1.71. The molecule has 0 spiro atoms. The molecule has 1 N–H and O–H groups in total. The summed E-state index contributed by atoms with van der Waals surface area (Å²) in [6.45, 7) is 7.26. The second kappa shape index (κ2) is 6.80. The van der Waals surface area contributed by atoms with E-state index >= 15 is 0 Å². The quantitative estimate of drug-likeness (QED) is 0.499. The maximum absolute atomic E-state index is 10.3. The van der Waals surface area contributed by atoms with E-state index in [0.29, 0.717) is 0 Å². The lowest BCUT2D eigenvalue weighted by molar-refractivity contribution is -0.0893. The number of aliphatic hydroxyl groups is 1. The molecule has 0 unspecified atom stereocenters. The number of benzene rings is 3. The van der Waals surface area contributed by atoms with Crippen molar-refractivity contribution in [3.8, 4) is 11.1 Å². The van der Waals surface area contributed by atoms with Crippen LogP contribution in [0, 0.1) is 0 Å². The molecular formula is C24H24BO3. The Bertz CT molecular complexity index is 1140. The van der Waals surface area contributed by atoms with Gasteiger partial charge in [-0.3, -0.25) is 0 Å². The molecule has 0 bridgehead atoms. The highest BCUT2D eigenvalue weighted by atomic mass is 16.5. The minimum Gasteiger partial charge on any atom is -0.456 e. The molecule has 28 heavy (non-hydrogen) atoms. The van der Waals surface area contributed by atoms with Crippen LogP contribution in [-0.2, 0) is 4.65 Å². The van der Waals surface area contributed by atoms with Crippen molar-refractivity contribution in [2.24, 2.45) is 0 Å². The third-order valence-electron chi connectivity index (χ3n) is 5.56. The highest BCUT2D eigenvalue weighted by molar-refractivity contribution is 6.47. The van der Waals surface area contributed by atoms with Gasteiger partial charge in [-0.05, 0) is 57.0 Å². The van der Waals surface area contributed by atoms with Crippen LogP contribution in [-0.4, -0.2) is 23.8 Å². The van der Waals surface area contributed by atoms with E-state index < -0.39 is 11.2 Å². The number of hydrogen-bond donors (Lipinski definition) is 1. The maximum Gasteiger partial charge on any atom is 0.330 e. The van der Waals surface area contributed by atoms with Crippen molar-refractivity contribution in [3.63, 3.8) is 0 Å². The Labute approximate surface area is 166 Å². The summed E-state index contributed by atoms with van der Waals surface area (Å²) >= 11 is 0. The number of rotatable bonds is 5. The summed E-state index contributed by atoms with van der Waals surface area (Å²) in [5.41, 5.74) is 3.25. The Morgan fingerprint density at radius 3 is 2.29 bits per heavy atom. The fourth-order valence-corrected chi connectivity index (χ4v) is 3.06. The third kappa shape index (κ3) is 3.46. The summed E-state index contributed by atoms with van der Waals surface area (Å²) in [6, 6.07) is 22.5. The molecule has 4 heteroatoms. The van der Waals surface area contributed by atoms with Gasteiger partial charge in [0.25, 0.3) is 0 Å². The lowest BCUT2D eigenvalue weighted by atomic mass is 9.81. The van der Waals surface area contributed by atoms with Gasteiger partial charge in [0.1, 0.15) is 11.2 Å². The molecule has 0 amide bonds. The summed E-state index contributed by atoms with van der Waals surface area (Å²) < 4.78 is 11.9. The van der Waals surface area contributed by atoms with Gasteiger partial charge in [0.2, 0.25) is 0 Å². The van der Waals surface area contributed by atoms with E-state index in [1.807, 2.05) is 44.2 Å². The first-order valence-electron chi connectivity index (χ1n) is 9.50. The van der Waals surface area contributed by atoms with Crippen molar-refractivity contribution >= 4 is 34.9 Å². The summed E-state index contributed by atoms with van der Waals surface area (Å²) in [4.78, 5) is 0. The molecule has 4 aromatic rings. The van der Waals surface area contributed by atoms with Crippen LogP contribution < -0.4 is 5.46 Å². The molecule has 141 valence electrons. The fourth-order valence-electron chi connectivity index (χ4n) is 3.06. The summed E-state index contributed by atoms with van der Waals surface area (Å²) in [6.07, 6.45) is 0. The van der Waals surface area contributed by atoms with E-state index in [1.54, 1.807) is 21.3 Å². The molecule has 3 nitrogen and oxygen atoms in total. The average molecular weight is 371 g/mol. The molecule has 0 aliphatic rings. The second-order valence-corrected chi connectivity index (χ2v) is 8.24. The molecule has 0 aliphatic heterocycles. The number of furan rings is 1. The van der Waals surface area contributed by atoms with Crippen LogP contribution >= 0.6 is 0 Å². The van der Waals surface area contributed by atoms with Crippen molar-refractivity contribution in [1.29, 1.82) is 0 Å². The van der Waals surface area contributed by atoms with Gasteiger partial charge in [-0.2, -0.15) is 0 Å². The zero-order valence-electron chi connectivity index (χ0n) is 16.7. The van der Waals surface area contributed by atoms with Crippen molar-refractivity contribution in [3.05, 3.63) is 66.7 Å². The van der Waals surface area contributed by atoms with Crippen LogP contribution in [0.2, 0.25) is 0 Å². The number of fused-ring (bicyclic) bond motifs is 3. The Morgan fingerprint density at radius 2 is 1.50 bits per heavy atom. The van der Waals surface area contributed by atoms with Gasteiger partial charge in [0.15, 0.2) is 0 Å². The minimum absolute atomic E-state index is 0.698. The average Bonchev–Trinajstić information content (AvgIpc) is 3.03. The largest absolute Gasteiger partial charge is 0.456 e. The van der Waals surface area contributed by atoms with Crippen molar-refractivity contribution in [2.45, 2.75) is 38.9 Å². The van der Waals surface area contributed by atoms with E-state index in [2.05, 4.69) is 36.4 Å². The van der Waals surface area contributed by atoms with Crippen molar-refractivity contribution in [2.75, 3.05) is 0 Å². The normalized spacial score (nSPS) is 12.6. The minimum atomic E-state index is -0.951. The summed E-state index contributed by atoms with van der Waals surface area (Å²) in [5, 5.41) is 12.5. The molecular weight excluding hydrogens is 347 g/mol. The van der Waals surface area contributed by atoms with Crippen LogP contribution in [0.5, 0.6) is 0 Å². The Morgan fingerprint density at radius 1 is 0.786 bits per heavy atom.